The van der Waals surface area contributed by atoms with Crippen molar-refractivity contribution in [3.05, 3.63) is 32.8 Å². The first-order chi connectivity index (χ1) is 5.46. The Hall–Kier alpha value is 0.240. The molecule has 0 N–H and O–H groups in total. The number of benzene rings is 1. The smallest absolute Gasteiger partial charge is 0.0650 e. The fraction of sp³-hybridized carbons (Fsp3) is 0. The molecule has 0 saturated carbocycles. The fourth-order valence-electron chi connectivity index (χ4n) is 0.300. The van der Waals surface area contributed by atoms with E-state index < -0.39 is 0 Å². The summed E-state index contributed by atoms with van der Waals surface area (Å²) in [7, 11) is 0. The van der Waals surface area contributed by atoms with Gasteiger partial charge in [0.1, 0.15) is 0 Å². The molecule has 1 aromatic carbocycles. The van der Waals surface area contributed by atoms with Gasteiger partial charge in [0.2, 0.25) is 0 Å². The first kappa shape index (κ1) is 2.88. The van der Waals surface area contributed by atoms with Gasteiger partial charge in [0.15, 0.2) is 0 Å². The topological polar surface area (TPSA) is 0 Å². The Morgan fingerprint density at radius 3 is 3.12 bits per heavy atom. The van der Waals surface area contributed by atoms with Gasteiger partial charge in [-0.3, -0.25) is 0 Å². The first-order valence-electron chi connectivity index (χ1n) is 3.88. The van der Waals surface area contributed by atoms with Gasteiger partial charge >= 0.3 is 0 Å². The van der Waals surface area contributed by atoms with Crippen LogP contribution in [-0.4, -0.2) is 0 Å². The summed E-state index contributed by atoms with van der Waals surface area (Å²) < 4.78 is 29.5. The predicted molar refractivity (Wildman–Crippen MR) is 44.2 cm³/mol. The van der Waals surface area contributed by atoms with Crippen LogP contribution in [0.5, 0.6) is 0 Å². The van der Waals surface area contributed by atoms with Gasteiger partial charge in [-0.1, -0.05) is 17.6 Å². The minimum absolute atomic E-state index is 0.0386. The SMILES string of the molecule is [2H]c1c([2H])c(Cl)c([2H])c(I)c1[2H]. The molecule has 8 heavy (non-hydrogen) atoms. The molecule has 0 aromatic heterocycles. The summed E-state index contributed by atoms with van der Waals surface area (Å²) in [4.78, 5) is 0. The molecule has 0 heterocycles. The maximum absolute atomic E-state index is 7.36. The lowest BCUT2D eigenvalue weighted by Gasteiger charge is -1.87. The summed E-state index contributed by atoms with van der Waals surface area (Å²) in [6.45, 7) is 0. The monoisotopic (exact) mass is 242 g/mol. The van der Waals surface area contributed by atoms with E-state index in [0.29, 0.717) is 3.57 Å². The maximum atomic E-state index is 7.36. The third-order valence-electron chi connectivity index (χ3n) is 0.564. The largest absolute Gasteiger partial charge is 0.0843 e. The van der Waals surface area contributed by atoms with E-state index in [0.717, 1.165) is 0 Å². The Balaban J connectivity index is 3.60. The van der Waals surface area contributed by atoms with Gasteiger partial charge in [-0.2, -0.15) is 0 Å². The molecule has 2 heteroatoms. The highest BCUT2D eigenvalue weighted by atomic mass is 127. The van der Waals surface area contributed by atoms with Gasteiger partial charge in [0, 0.05) is 8.59 Å². The van der Waals surface area contributed by atoms with Crippen LogP contribution in [0.2, 0.25) is 5.02 Å². The summed E-state index contributed by atoms with van der Waals surface area (Å²) in [6, 6.07) is -0.606. The second kappa shape index (κ2) is 2.69. The molecular formula is C6H4ClI. The van der Waals surface area contributed by atoms with Crippen LogP contribution in [0.1, 0.15) is 5.48 Å². The lowest BCUT2D eigenvalue weighted by Crippen LogP contribution is -1.65. The van der Waals surface area contributed by atoms with Gasteiger partial charge in [-0.25, -0.2) is 0 Å². The Kier molecular flexibility index (Phi) is 0.969. The Morgan fingerprint density at radius 2 is 2.38 bits per heavy atom. The highest BCUT2D eigenvalue weighted by molar-refractivity contribution is 14.1. The van der Waals surface area contributed by atoms with E-state index in [2.05, 4.69) is 0 Å². The highest BCUT2D eigenvalue weighted by Crippen LogP contribution is 2.11. The molecule has 0 aliphatic heterocycles. The molecule has 1 aromatic rings. The van der Waals surface area contributed by atoms with E-state index in [1.54, 1.807) is 22.6 Å². The lowest BCUT2D eigenvalue weighted by atomic mass is 10.4. The molecule has 0 spiro atoms. The number of halogens is 2. The van der Waals surface area contributed by atoms with Gasteiger partial charge in [0.25, 0.3) is 0 Å². The minimum atomic E-state index is -0.243. The fourth-order valence-corrected chi connectivity index (χ4v) is 1.01. The molecule has 42 valence electrons. The number of hydrogen-bond donors (Lipinski definition) is 0. The molecule has 0 amide bonds. The van der Waals surface area contributed by atoms with Crippen LogP contribution in [0.3, 0.4) is 0 Å². The van der Waals surface area contributed by atoms with Crippen LogP contribution in [0.4, 0.5) is 0 Å². The standard InChI is InChI=1S/C6H4ClI/c7-5-2-1-3-6(8)4-5/h1-4H/i1D,2D,3D,4D. The molecule has 0 aliphatic rings. The van der Waals surface area contributed by atoms with Crippen molar-refractivity contribution in [2.75, 3.05) is 0 Å². The zero-order chi connectivity index (χ0) is 9.46. The Morgan fingerprint density at radius 1 is 1.62 bits per heavy atom. The second-order valence-electron chi connectivity index (χ2n) is 1.13. The van der Waals surface area contributed by atoms with Crippen LogP contribution >= 0.6 is 34.2 Å². The summed E-state index contributed by atoms with van der Waals surface area (Å²) in [5, 5.41) is -0.0552. The normalized spacial score (nSPS) is 16.2. The molecule has 0 atom stereocenters. The first-order valence-corrected chi connectivity index (χ1v) is 3.33. The van der Waals surface area contributed by atoms with Crippen LogP contribution in [-0.2, 0) is 0 Å². The summed E-state index contributed by atoms with van der Waals surface area (Å²) in [5.74, 6) is 0. The van der Waals surface area contributed by atoms with Crippen molar-refractivity contribution in [3.8, 4) is 0 Å². The molecule has 0 fully saturated rings. The molecule has 0 unspecified atom stereocenters. The van der Waals surface area contributed by atoms with Gasteiger partial charge < -0.3 is 0 Å². The molecule has 0 radical (unpaired) electrons. The van der Waals surface area contributed by atoms with Crippen LogP contribution in [0.25, 0.3) is 0 Å². The molecule has 0 bridgehead atoms. The van der Waals surface area contributed by atoms with E-state index in [1.165, 1.54) is 0 Å². The summed E-state index contributed by atoms with van der Waals surface area (Å²) in [6.07, 6.45) is 0. The molecule has 0 saturated heterocycles. The minimum Gasteiger partial charge on any atom is -0.0843 e. The lowest BCUT2D eigenvalue weighted by molar-refractivity contribution is 1.65. The van der Waals surface area contributed by atoms with E-state index in [4.69, 9.17) is 17.1 Å². The summed E-state index contributed by atoms with van der Waals surface area (Å²) >= 11 is 7.35. The second-order valence-corrected chi connectivity index (χ2v) is 2.58. The van der Waals surface area contributed by atoms with Crippen molar-refractivity contribution >= 4 is 34.2 Å². The maximum Gasteiger partial charge on any atom is 0.0650 e. The van der Waals surface area contributed by atoms with E-state index in [-0.39, 0.29) is 29.2 Å². The van der Waals surface area contributed by atoms with Crippen molar-refractivity contribution in [1.29, 1.82) is 0 Å². The molecule has 1 rings (SSSR count). The molecule has 0 nitrogen and oxygen atoms in total. The van der Waals surface area contributed by atoms with Gasteiger partial charge in [-0.15, -0.1) is 0 Å². The van der Waals surface area contributed by atoms with Gasteiger partial charge in [-0.05, 0) is 40.7 Å². The molecule has 0 aliphatic carbocycles. The number of hydrogen-bond acceptors (Lipinski definition) is 0. The third kappa shape index (κ3) is 1.63. The zero-order valence-corrected chi connectivity index (χ0v) is 6.67. The van der Waals surface area contributed by atoms with Crippen LogP contribution < -0.4 is 0 Å². The number of rotatable bonds is 0. The van der Waals surface area contributed by atoms with E-state index in [1.807, 2.05) is 0 Å². The van der Waals surface area contributed by atoms with Crippen molar-refractivity contribution in [2.45, 2.75) is 0 Å². The quantitative estimate of drug-likeness (QED) is 0.614. The van der Waals surface area contributed by atoms with Crippen molar-refractivity contribution in [3.63, 3.8) is 0 Å². The molecular weight excluding hydrogens is 234 g/mol. The van der Waals surface area contributed by atoms with Crippen molar-refractivity contribution < 1.29 is 5.48 Å². The average Bonchev–Trinajstić information content (AvgIpc) is 2.08. The average molecular weight is 242 g/mol. The van der Waals surface area contributed by atoms with E-state index in [9.17, 15) is 0 Å². The van der Waals surface area contributed by atoms with Gasteiger partial charge in [0.05, 0.1) is 5.48 Å². The van der Waals surface area contributed by atoms with Crippen LogP contribution in [0, 0.1) is 3.57 Å². The third-order valence-corrected chi connectivity index (χ3v) is 1.29. The van der Waals surface area contributed by atoms with Crippen LogP contribution in [0.15, 0.2) is 24.2 Å². The van der Waals surface area contributed by atoms with E-state index >= 15 is 0 Å². The van der Waals surface area contributed by atoms with Crippen molar-refractivity contribution in [1.82, 2.24) is 0 Å². The zero-order valence-electron chi connectivity index (χ0n) is 7.76. The Bertz CT molecular complexity index is 234. The summed E-state index contributed by atoms with van der Waals surface area (Å²) in [5.41, 5.74) is 0. The predicted octanol–water partition coefficient (Wildman–Crippen LogP) is 2.94. The van der Waals surface area contributed by atoms with Crippen molar-refractivity contribution in [2.24, 2.45) is 0 Å². The highest BCUT2D eigenvalue weighted by Gasteiger charge is 1.84. The Labute approximate surface area is 72.6 Å².